The van der Waals surface area contributed by atoms with Gasteiger partial charge in [-0.1, -0.05) is 12.1 Å². The second-order valence-electron chi connectivity index (χ2n) is 6.22. The predicted octanol–water partition coefficient (Wildman–Crippen LogP) is 2.98. The molecule has 1 aromatic carbocycles. The Labute approximate surface area is 174 Å². The summed E-state index contributed by atoms with van der Waals surface area (Å²) < 4.78 is 21.0. The molecule has 3 aromatic heterocycles. The number of fused-ring (bicyclic) bond motifs is 1. The highest BCUT2D eigenvalue weighted by molar-refractivity contribution is 7.10. The summed E-state index contributed by atoms with van der Waals surface area (Å²) in [4.78, 5) is 28.5. The van der Waals surface area contributed by atoms with Gasteiger partial charge in [0.1, 0.15) is 12.4 Å². The van der Waals surface area contributed by atoms with E-state index in [-0.39, 0.29) is 30.2 Å². The smallest absolute Gasteiger partial charge is 0.293 e. The van der Waals surface area contributed by atoms with Gasteiger partial charge in [0.15, 0.2) is 11.5 Å². The van der Waals surface area contributed by atoms with Crippen LogP contribution in [0, 0.1) is 5.82 Å². The van der Waals surface area contributed by atoms with E-state index in [0.29, 0.717) is 28.1 Å². The Morgan fingerprint density at radius 2 is 2.17 bits per heavy atom. The lowest BCUT2D eigenvalue weighted by molar-refractivity contribution is -0.129. The van der Waals surface area contributed by atoms with Gasteiger partial charge in [0.05, 0.1) is 21.6 Å². The van der Waals surface area contributed by atoms with Crippen molar-refractivity contribution < 1.29 is 18.7 Å². The Hall–Kier alpha value is -3.63. The molecule has 3 N–H and O–H groups in total. The number of carbonyl (C=O) groups is 2. The zero-order valence-corrected chi connectivity index (χ0v) is 16.4. The van der Waals surface area contributed by atoms with Crippen molar-refractivity contribution in [2.75, 3.05) is 5.32 Å². The molecule has 0 radical (unpaired) electrons. The van der Waals surface area contributed by atoms with E-state index >= 15 is 0 Å². The third-order valence-corrected chi connectivity index (χ3v) is 5.32. The molecule has 0 unspecified atom stereocenters. The van der Waals surface area contributed by atoms with Gasteiger partial charge in [0.2, 0.25) is 0 Å². The van der Waals surface area contributed by atoms with Crippen molar-refractivity contribution in [3.8, 4) is 11.4 Å². The van der Waals surface area contributed by atoms with Crippen molar-refractivity contribution in [2.45, 2.75) is 13.2 Å². The summed E-state index contributed by atoms with van der Waals surface area (Å²) in [6.45, 7) is 0.419. The summed E-state index contributed by atoms with van der Waals surface area (Å²) in [6.07, 6.45) is 1.65. The number of anilines is 1. The van der Waals surface area contributed by atoms with E-state index in [1.807, 2.05) is 0 Å². The first-order valence-electron chi connectivity index (χ1n) is 8.88. The van der Waals surface area contributed by atoms with E-state index in [0.717, 1.165) is 0 Å². The monoisotopic (exact) mass is 425 g/mol. The van der Waals surface area contributed by atoms with Crippen molar-refractivity contribution in [2.24, 2.45) is 5.73 Å². The molecule has 1 amide bonds. The van der Waals surface area contributed by atoms with Gasteiger partial charge in [0.25, 0.3) is 12.4 Å². The number of nitrogens with two attached hydrogens (primary N) is 1. The van der Waals surface area contributed by atoms with Gasteiger partial charge >= 0.3 is 0 Å². The minimum atomic E-state index is -0.524. The number of carbonyl (C=O) groups excluding carboxylic acids is 2. The van der Waals surface area contributed by atoms with Crippen LogP contribution in [0.3, 0.4) is 0 Å². The molecule has 0 fully saturated rings. The van der Waals surface area contributed by atoms with Gasteiger partial charge in [-0.25, -0.2) is 13.9 Å². The number of benzene rings is 1. The van der Waals surface area contributed by atoms with E-state index in [1.165, 1.54) is 21.9 Å². The van der Waals surface area contributed by atoms with Crippen molar-refractivity contribution in [3.63, 3.8) is 0 Å². The molecule has 0 saturated carbocycles. The fraction of sp³-hybridized carbons (Fsp3) is 0.100. The summed E-state index contributed by atoms with van der Waals surface area (Å²) in [6, 6.07) is 9.89. The van der Waals surface area contributed by atoms with Crippen molar-refractivity contribution >= 4 is 34.9 Å². The summed E-state index contributed by atoms with van der Waals surface area (Å²) in [7, 11) is 0. The van der Waals surface area contributed by atoms with Gasteiger partial charge in [-0.05, 0) is 29.6 Å². The van der Waals surface area contributed by atoms with Gasteiger partial charge in [0, 0.05) is 18.3 Å². The average molecular weight is 425 g/mol. The molecule has 152 valence electrons. The highest BCUT2D eigenvalue weighted by atomic mass is 32.1. The van der Waals surface area contributed by atoms with Crippen LogP contribution in [-0.2, 0) is 22.7 Å². The zero-order valence-electron chi connectivity index (χ0n) is 15.5. The number of aromatic nitrogens is 3. The summed E-state index contributed by atoms with van der Waals surface area (Å²) in [5.41, 5.74) is 7.12. The number of rotatable bonds is 7. The second-order valence-corrected chi connectivity index (χ2v) is 7.22. The minimum absolute atomic E-state index is 0.0303. The maximum absolute atomic E-state index is 14.8. The predicted molar refractivity (Wildman–Crippen MR) is 109 cm³/mol. The second kappa shape index (κ2) is 8.39. The SMILES string of the molecule is NCc1cccc(-c2nc(C(=O)Nc3ccsc3COC=O)c3cccn3n2)c1F. The molecule has 0 bridgehead atoms. The Bertz CT molecular complexity index is 1240. The molecule has 0 aliphatic rings. The standard InChI is InChI=1S/C20H16FN5O3S/c21-17-12(9-22)3-1-4-13(17)19-24-18(15-5-2-7-26(15)25-19)20(28)23-14-6-8-30-16(14)10-29-11-27/h1-8,11H,9-10,22H2,(H,23,28). The Morgan fingerprint density at radius 1 is 1.30 bits per heavy atom. The van der Waals surface area contributed by atoms with Gasteiger partial charge < -0.3 is 15.8 Å². The third-order valence-electron chi connectivity index (χ3n) is 4.42. The number of amides is 1. The van der Waals surface area contributed by atoms with E-state index in [9.17, 15) is 14.0 Å². The Morgan fingerprint density at radius 3 is 2.97 bits per heavy atom. The molecular formula is C20H16FN5O3S. The Kier molecular flexibility index (Phi) is 5.50. The summed E-state index contributed by atoms with van der Waals surface area (Å²) in [5.74, 6) is -0.959. The number of halogens is 1. The highest BCUT2D eigenvalue weighted by Gasteiger charge is 2.20. The molecule has 10 heteroatoms. The number of ether oxygens (including phenoxy) is 1. The molecule has 0 aliphatic heterocycles. The van der Waals surface area contributed by atoms with Crippen LogP contribution in [0.4, 0.5) is 10.1 Å². The molecule has 8 nitrogen and oxygen atoms in total. The maximum atomic E-state index is 14.8. The summed E-state index contributed by atoms with van der Waals surface area (Å²) >= 11 is 1.34. The number of hydrogen-bond acceptors (Lipinski definition) is 7. The lowest BCUT2D eigenvalue weighted by Crippen LogP contribution is -2.17. The molecule has 0 aliphatic carbocycles. The topological polar surface area (TPSA) is 112 Å². The normalized spacial score (nSPS) is 10.9. The van der Waals surface area contributed by atoms with Crippen molar-refractivity contribution in [1.82, 2.24) is 14.6 Å². The molecule has 0 spiro atoms. The Balaban J connectivity index is 1.75. The number of thiophene rings is 1. The van der Waals surface area contributed by atoms with Gasteiger partial charge in [-0.2, -0.15) is 0 Å². The highest BCUT2D eigenvalue weighted by Crippen LogP contribution is 2.26. The number of hydrogen-bond donors (Lipinski definition) is 2. The lowest BCUT2D eigenvalue weighted by atomic mass is 10.1. The molecular weight excluding hydrogens is 409 g/mol. The van der Waals surface area contributed by atoms with Crippen LogP contribution < -0.4 is 11.1 Å². The van der Waals surface area contributed by atoms with Crippen molar-refractivity contribution in [3.05, 3.63) is 69.9 Å². The van der Waals surface area contributed by atoms with E-state index in [2.05, 4.69) is 15.4 Å². The molecule has 0 atom stereocenters. The molecule has 30 heavy (non-hydrogen) atoms. The molecule has 3 heterocycles. The lowest BCUT2D eigenvalue weighted by Gasteiger charge is -2.10. The van der Waals surface area contributed by atoms with E-state index < -0.39 is 11.7 Å². The van der Waals surface area contributed by atoms with Crippen molar-refractivity contribution in [1.29, 1.82) is 0 Å². The fourth-order valence-corrected chi connectivity index (χ4v) is 3.73. The summed E-state index contributed by atoms with van der Waals surface area (Å²) in [5, 5.41) is 8.87. The molecule has 4 rings (SSSR count). The van der Waals surface area contributed by atoms with Crippen LogP contribution in [0.15, 0.2) is 48.0 Å². The van der Waals surface area contributed by atoms with E-state index in [4.69, 9.17) is 10.5 Å². The van der Waals surface area contributed by atoms with Gasteiger partial charge in [-0.3, -0.25) is 9.59 Å². The zero-order chi connectivity index (χ0) is 21.1. The number of nitrogens with one attached hydrogen (secondary N) is 1. The van der Waals surface area contributed by atoms with Gasteiger partial charge in [-0.15, -0.1) is 16.4 Å². The third kappa shape index (κ3) is 3.65. The first-order chi connectivity index (χ1) is 14.6. The molecule has 4 aromatic rings. The first kappa shape index (κ1) is 19.7. The maximum Gasteiger partial charge on any atom is 0.293 e. The largest absolute Gasteiger partial charge is 0.462 e. The quantitative estimate of drug-likeness (QED) is 0.440. The van der Waals surface area contributed by atoms with Crippen LogP contribution in [0.1, 0.15) is 20.9 Å². The van der Waals surface area contributed by atoms with Crippen LogP contribution in [0.2, 0.25) is 0 Å². The number of nitrogens with zero attached hydrogens (tertiary/aromatic N) is 3. The van der Waals surface area contributed by atoms with Crippen LogP contribution in [0.25, 0.3) is 16.9 Å². The molecule has 0 saturated heterocycles. The average Bonchev–Trinajstić information content (AvgIpc) is 3.40. The van der Waals surface area contributed by atoms with Crippen LogP contribution in [-0.4, -0.2) is 27.0 Å². The van der Waals surface area contributed by atoms with E-state index in [1.54, 1.807) is 41.9 Å². The first-order valence-corrected chi connectivity index (χ1v) is 9.76. The minimum Gasteiger partial charge on any atom is -0.462 e. The fourth-order valence-electron chi connectivity index (χ4n) is 2.98. The van der Waals surface area contributed by atoms with Crippen LogP contribution >= 0.6 is 11.3 Å². The van der Waals surface area contributed by atoms with Crippen LogP contribution in [0.5, 0.6) is 0 Å².